The Balaban J connectivity index is 1.94. The van der Waals surface area contributed by atoms with Crippen molar-refractivity contribution in [3.63, 3.8) is 0 Å². The van der Waals surface area contributed by atoms with Crippen LogP contribution in [0.4, 0.5) is 0 Å². The molecule has 16 heavy (non-hydrogen) atoms. The van der Waals surface area contributed by atoms with Crippen LogP contribution in [0, 0.1) is 0 Å². The van der Waals surface area contributed by atoms with E-state index in [-0.39, 0.29) is 6.10 Å². The van der Waals surface area contributed by atoms with E-state index >= 15 is 0 Å². The highest BCUT2D eigenvalue weighted by Crippen LogP contribution is 2.22. The van der Waals surface area contributed by atoms with Gasteiger partial charge in [0.1, 0.15) is 0 Å². The molecule has 1 N–H and O–H groups in total. The van der Waals surface area contributed by atoms with Gasteiger partial charge in [-0.2, -0.15) is 11.8 Å². The van der Waals surface area contributed by atoms with Gasteiger partial charge in [-0.05, 0) is 19.3 Å². The maximum Gasteiger partial charge on any atom is 0.0863 e. The number of aliphatic hydroxyl groups excluding tert-OH is 1. The molecule has 0 amide bonds. The van der Waals surface area contributed by atoms with Crippen LogP contribution in [0.5, 0.6) is 0 Å². The average molecular weight is 248 g/mol. The molecule has 4 heteroatoms. The summed E-state index contributed by atoms with van der Waals surface area (Å²) in [6, 6.07) is 0. The highest BCUT2D eigenvalue weighted by Gasteiger charge is 2.15. The van der Waals surface area contributed by atoms with E-state index in [9.17, 15) is 5.11 Å². The normalized spacial score (nSPS) is 19.9. The SMILES string of the molecule is CCCCOCC(O)CSC1CCOCC1. The maximum absolute atomic E-state index is 9.70. The molecular weight excluding hydrogens is 224 g/mol. The van der Waals surface area contributed by atoms with Crippen molar-refractivity contribution in [3.8, 4) is 0 Å². The molecule has 96 valence electrons. The molecule has 1 unspecified atom stereocenters. The minimum atomic E-state index is -0.315. The van der Waals surface area contributed by atoms with E-state index in [1.807, 2.05) is 11.8 Å². The molecule has 1 saturated heterocycles. The summed E-state index contributed by atoms with van der Waals surface area (Å²) in [5.41, 5.74) is 0. The summed E-state index contributed by atoms with van der Waals surface area (Å²) >= 11 is 1.86. The minimum absolute atomic E-state index is 0.315. The number of hydrogen-bond acceptors (Lipinski definition) is 4. The Morgan fingerprint density at radius 1 is 1.44 bits per heavy atom. The largest absolute Gasteiger partial charge is 0.390 e. The van der Waals surface area contributed by atoms with E-state index in [0.717, 1.165) is 51.3 Å². The standard InChI is InChI=1S/C12H24O3S/c1-2-3-6-15-9-11(13)10-16-12-4-7-14-8-5-12/h11-13H,2-10H2,1H3. The molecule has 0 aromatic rings. The van der Waals surface area contributed by atoms with E-state index in [4.69, 9.17) is 9.47 Å². The van der Waals surface area contributed by atoms with Gasteiger partial charge < -0.3 is 14.6 Å². The van der Waals surface area contributed by atoms with Crippen LogP contribution >= 0.6 is 11.8 Å². The zero-order valence-corrected chi connectivity index (χ0v) is 11.0. The first kappa shape index (κ1) is 14.3. The van der Waals surface area contributed by atoms with Gasteiger partial charge in [0, 0.05) is 30.8 Å². The molecule has 0 aromatic carbocycles. The van der Waals surface area contributed by atoms with E-state index in [1.165, 1.54) is 0 Å². The summed E-state index contributed by atoms with van der Waals surface area (Å²) in [6.45, 7) is 5.15. The molecule has 0 bridgehead atoms. The summed E-state index contributed by atoms with van der Waals surface area (Å²) in [5.74, 6) is 0.788. The smallest absolute Gasteiger partial charge is 0.0863 e. The lowest BCUT2D eigenvalue weighted by molar-refractivity contribution is 0.0471. The zero-order valence-electron chi connectivity index (χ0n) is 10.2. The van der Waals surface area contributed by atoms with Crippen LogP contribution in [0.2, 0.25) is 0 Å². The van der Waals surface area contributed by atoms with Crippen molar-refractivity contribution in [2.75, 3.05) is 32.2 Å². The third-order valence-corrected chi connectivity index (χ3v) is 4.17. The predicted molar refractivity (Wildman–Crippen MR) is 68.0 cm³/mol. The van der Waals surface area contributed by atoms with Crippen LogP contribution in [-0.2, 0) is 9.47 Å². The van der Waals surface area contributed by atoms with E-state index in [1.54, 1.807) is 0 Å². The van der Waals surface area contributed by atoms with Crippen LogP contribution in [0.1, 0.15) is 32.6 Å². The second kappa shape index (κ2) is 9.28. The van der Waals surface area contributed by atoms with Crippen molar-refractivity contribution in [1.82, 2.24) is 0 Å². The lowest BCUT2D eigenvalue weighted by Crippen LogP contribution is -2.23. The molecule has 0 radical (unpaired) electrons. The first-order valence-corrected chi connectivity index (χ1v) is 7.33. The highest BCUT2D eigenvalue weighted by atomic mass is 32.2. The minimum Gasteiger partial charge on any atom is -0.390 e. The Kier molecular flexibility index (Phi) is 8.29. The van der Waals surface area contributed by atoms with Gasteiger partial charge in [-0.15, -0.1) is 0 Å². The van der Waals surface area contributed by atoms with Crippen LogP contribution < -0.4 is 0 Å². The molecule has 0 aliphatic carbocycles. The first-order chi connectivity index (χ1) is 7.83. The van der Waals surface area contributed by atoms with Gasteiger partial charge in [0.2, 0.25) is 0 Å². The van der Waals surface area contributed by atoms with Crippen molar-refractivity contribution in [3.05, 3.63) is 0 Å². The van der Waals surface area contributed by atoms with Crippen molar-refractivity contribution in [1.29, 1.82) is 0 Å². The Morgan fingerprint density at radius 2 is 2.19 bits per heavy atom. The van der Waals surface area contributed by atoms with Gasteiger partial charge in [0.15, 0.2) is 0 Å². The molecule has 0 spiro atoms. The molecular formula is C12H24O3S. The summed E-state index contributed by atoms with van der Waals surface area (Å²) in [4.78, 5) is 0. The van der Waals surface area contributed by atoms with E-state index in [0.29, 0.717) is 11.9 Å². The number of rotatable bonds is 8. The summed E-state index contributed by atoms with van der Waals surface area (Å²) in [6.07, 6.45) is 4.15. The quantitative estimate of drug-likeness (QED) is 0.668. The molecule has 1 heterocycles. The number of hydrogen-bond donors (Lipinski definition) is 1. The van der Waals surface area contributed by atoms with Gasteiger partial charge in [0.25, 0.3) is 0 Å². The molecule has 1 aliphatic rings. The van der Waals surface area contributed by atoms with Crippen LogP contribution in [0.3, 0.4) is 0 Å². The topological polar surface area (TPSA) is 38.7 Å². The van der Waals surface area contributed by atoms with Crippen LogP contribution in [-0.4, -0.2) is 48.6 Å². The second-order valence-corrected chi connectivity index (χ2v) is 5.56. The van der Waals surface area contributed by atoms with Crippen molar-refractivity contribution >= 4 is 11.8 Å². The van der Waals surface area contributed by atoms with Gasteiger partial charge >= 0.3 is 0 Å². The molecule has 1 atom stereocenters. The van der Waals surface area contributed by atoms with Gasteiger partial charge in [-0.25, -0.2) is 0 Å². The number of unbranched alkanes of at least 4 members (excludes halogenated alkanes) is 1. The Hall–Kier alpha value is 0.230. The second-order valence-electron chi connectivity index (χ2n) is 4.23. The Bertz CT molecular complexity index is 160. The molecule has 0 saturated carbocycles. The molecule has 3 nitrogen and oxygen atoms in total. The number of thioether (sulfide) groups is 1. The Labute approximate surface area is 103 Å². The fourth-order valence-electron chi connectivity index (χ4n) is 1.60. The first-order valence-electron chi connectivity index (χ1n) is 6.28. The predicted octanol–water partition coefficient (Wildman–Crippen LogP) is 2.08. The fraction of sp³-hybridized carbons (Fsp3) is 1.00. The highest BCUT2D eigenvalue weighted by molar-refractivity contribution is 7.99. The molecule has 1 aliphatic heterocycles. The van der Waals surface area contributed by atoms with Crippen LogP contribution in [0.15, 0.2) is 0 Å². The van der Waals surface area contributed by atoms with Crippen molar-refractivity contribution in [2.45, 2.75) is 44.0 Å². The molecule has 1 rings (SSSR count). The molecule has 1 fully saturated rings. The van der Waals surface area contributed by atoms with Crippen molar-refractivity contribution in [2.24, 2.45) is 0 Å². The Morgan fingerprint density at radius 3 is 2.88 bits per heavy atom. The maximum atomic E-state index is 9.70. The van der Waals surface area contributed by atoms with Gasteiger partial charge in [0.05, 0.1) is 12.7 Å². The lowest BCUT2D eigenvalue weighted by Gasteiger charge is -2.22. The van der Waals surface area contributed by atoms with Gasteiger partial charge in [-0.1, -0.05) is 13.3 Å². The average Bonchev–Trinajstić information content (AvgIpc) is 2.33. The monoisotopic (exact) mass is 248 g/mol. The zero-order chi connectivity index (χ0) is 11.6. The van der Waals surface area contributed by atoms with Gasteiger partial charge in [-0.3, -0.25) is 0 Å². The number of aliphatic hydroxyl groups is 1. The fourth-order valence-corrected chi connectivity index (χ4v) is 2.72. The lowest BCUT2D eigenvalue weighted by atomic mass is 10.2. The third-order valence-electron chi connectivity index (χ3n) is 2.65. The third kappa shape index (κ3) is 6.74. The van der Waals surface area contributed by atoms with Crippen LogP contribution in [0.25, 0.3) is 0 Å². The summed E-state index contributed by atoms with van der Waals surface area (Å²) < 4.78 is 10.7. The van der Waals surface area contributed by atoms with E-state index < -0.39 is 0 Å². The van der Waals surface area contributed by atoms with Crippen molar-refractivity contribution < 1.29 is 14.6 Å². The number of ether oxygens (including phenoxy) is 2. The van der Waals surface area contributed by atoms with E-state index in [2.05, 4.69) is 6.92 Å². The summed E-state index contributed by atoms with van der Waals surface area (Å²) in [5, 5.41) is 10.4. The summed E-state index contributed by atoms with van der Waals surface area (Å²) in [7, 11) is 0. The molecule has 0 aromatic heterocycles.